The summed E-state index contributed by atoms with van der Waals surface area (Å²) in [6.45, 7) is 4.60. The fourth-order valence-electron chi connectivity index (χ4n) is 1.79. The van der Waals surface area contributed by atoms with E-state index in [4.69, 9.17) is 0 Å². The van der Waals surface area contributed by atoms with E-state index >= 15 is 0 Å². The molecular weight excluding hydrogens is 289 g/mol. The van der Waals surface area contributed by atoms with E-state index in [0.717, 1.165) is 5.92 Å². The minimum absolute atomic E-state index is 0. The van der Waals surface area contributed by atoms with Crippen LogP contribution < -0.4 is 17.0 Å². The van der Waals surface area contributed by atoms with Gasteiger partial charge in [0.25, 0.3) is 0 Å². The zero-order chi connectivity index (χ0) is 9.94. The van der Waals surface area contributed by atoms with Crippen LogP contribution in [0.1, 0.15) is 65.2 Å². The molecule has 2 heteroatoms. The van der Waals surface area contributed by atoms with Crippen molar-refractivity contribution < 1.29 is 35.3 Å². The maximum atomic E-state index is 2.31. The van der Waals surface area contributed by atoms with E-state index in [0.29, 0.717) is 0 Å². The van der Waals surface area contributed by atoms with Crippen LogP contribution in [0.15, 0.2) is 0 Å². The Hall–Kier alpha value is 1.10. The van der Waals surface area contributed by atoms with Crippen molar-refractivity contribution in [1.29, 1.82) is 0 Å². The first-order valence-electron chi connectivity index (χ1n) is 6.14. The molecule has 0 nitrogen and oxygen atoms in total. The van der Waals surface area contributed by atoms with Gasteiger partial charge in [-0.2, -0.15) is 0 Å². The van der Waals surface area contributed by atoms with Gasteiger partial charge in [-0.1, -0.05) is 0 Å². The third-order valence-corrected chi connectivity index (χ3v) is 4.55. The summed E-state index contributed by atoms with van der Waals surface area (Å²) in [6.07, 6.45) is 11.6. The van der Waals surface area contributed by atoms with Crippen LogP contribution in [0.3, 0.4) is 0 Å². The summed E-state index contributed by atoms with van der Waals surface area (Å²) >= 11 is 1.50. The summed E-state index contributed by atoms with van der Waals surface area (Å²) in [4.78, 5) is 0. The Bertz CT molecular complexity index is 96.3. The predicted octanol–water partition coefficient (Wildman–Crippen LogP) is 1.73. The predicted molar refractivity (Wildman–Crippen MR) is 56.6 cm³/mol. The molecule has 0 aromatic rings. The quantitative estimate of drug-likeness (QED) is 0.449. The van der Waals surface area contributed by atoms with Gasteiger partial charge in [0.1, 0.15) is 0 Å². The Labute approximate surface area is 111 Å². The van der Waals surface area contributed by atoms with Crippen molar-refractivity contribution in [2.45, 2.75) is 70.2 Å². The molecule has 0 aliphatic rings. The van der Waals surface area contributed by atoms with E-state index in [-0.39, 0.29) is 17.0 Å². The van der Waals surface area contributed by atoms with Crippen molar-refractivity contribution in [3.8, 4) is 0 Å². The molecule has 82 valence electrons. The Morgan fingerprint density at radius 2 is 1.43 bits per heavy atom. The molecule has 0 saturated heterocycles. The smallest absolute Gasteiger partial charge is 1.00 e. The Morgan fingerprint density at radius 3 is 1.93 bits per heavy atom. The molecule has 0 radical (unpaired) electrons. The molecule has 0 amide bonds. The average molecular weight is 315 g/mol. The molecule has 0 fully saturated rings. The Balaban J connectivity index is 0. The van der Waals surface area contributed by atoms with Crippen LogP contribution in [0.5, 0.6) is 0 Å². The van der Waals surface area contributed by atoms with Crippen LogP contribution in [0.4, 0.5) is 0 Å². The van der Waals surface area contributed by atoms with Gasteiger partial charge in [-0.3, -0.25) is 0 Å². The number of halogens is 1. The monoisotopic (exact) mass is 312 g/mol. The second-order valence-corrected chi connectivity index (χ2v) is 5.36. The van der Waals surface area contributed by atoms with Gasteiger partial charge in [-0.05, 0) is 0 Å². The summed E-state index contributed by atoms with van der Waals surface area (Å²) in [5.41, 5.74) is 0. The SMILES string of the molecule is CCCCCCC([CH2][Zn+])CCCC.[Br-]. The van der Waals surface area contributed by atoms with Crippen molar-refractivity contribution in [3.05, 3.63) is 0 Å². The maximum absolute atomic E-state index is 2.31. The van der Waals surface area contributed by atoms with Crippen LogP contribution >= 0.6 is 0 Å². The van der Waals surface area contributed by atoms with Crippen molar-refractivity contribution >= 4 is 0 Å². The molecule has 0 rings (SSSR count). The van der Waals surface area contributed by atoms with Crippen molar-refractivity contribution in [2.24, 2.45) is 5.92 Å². The van der Waals surface area contributed by atoms with Crippen molar-refractivity contribution in [3.63, 3.8) is 0 Å². The third kappa shape index (κ3) is 11.2. The van der Waals surface area contributed by atoms with Crippen molar-refractivity contribution in [2.75, 3.05) is 0 Å². The zero-order valence-electron chi connectivity index (χ0n) is 10.0. The van der Waals surface area contributed by atoms with E-state index in [2.05, 4.69) is 13.8 Å². The topological polar surface area (TPSA) is 0 Å². The first-order valence-corrected chi connectivity index (χ1v) is 8.24. The van der Waals surface area contributed by atoms with Crippen LogP contribution in [0.25, 0.3) is 0 Å². The summed E-state index contributed by atoms with van der Waals surface area (Å²) < 4.78 is 0. The van der Waals surface area contributed by atoms with Gasteiger partial charge in [0.15, 0.2) is 0 Å². The van der Waals surface area contributed by atoms with Gasteiger partial charge < -0.3 is 17.0 Å². The van der Waals surface area contributed by atoms with Crippen LogP contribution in [0, 0.1) is 5.92 Å². The summed E-state index contributed by atoms with van der Waals surface area (Å²) in [7, 11) is 0. The van der Waals surface area contributed by atoms with Gasteiger partial charge >= 0.3 is 94.4 Å². The van der Waals surface area contributed by atoms with E-state index in [9.17, 15) is 0 Å². The largest absolute Gasteiger partial charge is 1.00 e. The summed E-state index contributed by atoms with van der Waals surface area (Å²) in [5.74, 6) is 1.08. The fourth-order valence-corrected chi connectivity index (χ4v) is 3.00. The maximum Gasteiger partial charge on any atom is -1.00 e. The summed E-state index contributed by atoms with van der Waals surface area (Å²) in [6, 6.07) is 0. The number of rotatable bonds is 9. The van der Waals surface area contributed by atoms with E-state index in [1.165, 1.54) is 74.7 Å². The van der Waals surface area contributed by atoms with Crippen LogP contribution in [0.2, 0.25) is 5.02 Å². The minimum atomic E-state index is 0. The van der Waals surface area contributed by atoms with E-state index in [1.807, 2.05) is 0 Å². The Morgan fingerprint density at radius 1 is 0.857 bits per heavy atom. The molecule has 0 saturated carbocycles. The van der Waals surface area contributed by atoms with E-state index < -0.39 is 0 Å². The van der Waals surface area contributed by atoms with Crippen LogP contribution in [-0.2, 0) is 18.3 Å². The van der Waals surface area contributed by atoms with Gasteiger partial charge in [0.05, 0.1) is 0 Å². The molecule has 0 N–H and O–H groups in total. The van der Waals surface area contributed by atoms with Gasteiger partial charge in [-0.15, -0.1) is 0 Å². The van der Waals surface area contributed by atoms with Crippen LogP contribution in [-0.4, -0.2) is 0 Å². The molecule has 0 spiro atoms. The second-order valence-electron chi connectivity index (χ2n) is 4.15. The van der Waals surface area contributed by atoms with Gasteiger partial charge in [0, 0.05) is 0 Å². The first-order chi connectivity index (χ1) is 6.35. The molecular formula is C12H25BrZn. The minimum Gasteiger partial charge on any atom is -1.00 e. The molecule has 0 aliphatic heterocycles. The average Bonchev–Trinajstić information content (AvgIpc) is 2.17. The molecule has 0 aromatic carbocycles. The fraction of sp³-hybridized carbons (Fsp3) is 1.00. The van der Waals surface area contributed by atoms with Crippen molar-refractivity contribution in [1.82, 2.24) is 0 Å². The number of hydrogen-bond donors (Lipinski definition) is 0. The Kier molecular flexibility index (Phi) is 17.6. The number of hydrogen-bond acceptors (Lipinski definition) is 0. The third-order valence-electron chi connectivity index (χ3n) is 2.84. The molecule has 0 aromatic heterocycles. The summed E-state index contributed by atoms with van der Waals surface area (Å²) in [5, 5.41) is 1.52. The first kappa shape index (κ1) is 17.5. The molecule has 0 bridgehead atoms. The number of unbranched alkanes of at least 4 members (excludes halogenated alkanes) is 4. The van der Waals surface area contributed by atoms with Gasteiger partial charge in [-0.25, -0.2) is 0 Å². The second kappa shape index (κ2) is 14.1. The van der Waals surface area contributed by atoms with E-state index in [1.54, 1.807) is 0 Å². The van der Waals surface area contributed by atoms with Gasteiger partial charge in [0.2, 0.25) is 0 Å². The standard InChI is InChI=1S/C12H25.BrH.Zn/c1-4-6-8-9-11-12(3)10-7-5-2;;/h12H,3-11H2,1-2H3;1H;/q;;+1/p-1. The normalized spacial score (nSPS) is 12.3. The zero-order valence-corrected chi connectivity index (χ0v) is 14.6. The molecule has 1 unspecified atom stereocenters. The molecule has 0 heterocycles. The molecule has 0 aliphatic carbocycles. The molecule has 14 heavy (non-hydrogen) atoms. The molecule has 1 atom stereocenters.